The number of hydrogen-bond acceptors (Lipinski definition) is 4. The number of likely N-dealkylation sites (tertiary alicyclic amines) is 1. The van der Waals surface area contributed by atoms with Crippen LogP contribution in [0, 0.1) is 5.92 Å². The van der Waals surface area contributed by atoms with Crippen molar-refractivity contribution in [2.75, 3.05) is 13.1 Å². The highest BCUT2D eigenvalue weighted by atomic mass is 79.9. The van der Waals surface area contributed by atoms with E-state index in [9.17, 15) is 0 Å². The molecule has 1 aliphatic heterocycles. The van der Waals surface area contributed by atoms with Crippen molar-refractivity contribution < 1.29 is 0 Å². The van der Waals surface area contributed by atoms with Crippen LogP contribution in [0.5, 0.6) is 0 Å². The predicted octanol–water partition coefficient (Wildman–Crippen LogP) is 3.77. The number of nitrogens with zero attached hydrogens (tertiary/aromatic N) is 2. The number of thiazole rings is 1. The molecule has 1 aliphatic rings. The van der Waals surface area contributed by atoms with E-state index < -0.39 is 0 Å². The Balaban J connectivity index is 0.00000161. The molecule has 2 N–H and O–H groups in total. The fourth-order valence-corrected chi connectivity index (χ4v) is 3.78. The Kier molecular flexibility index (Phi) is 5.80. The van der Waals surface area contributed by atoms with Gasteiger partial charge in [-0.3, -0.25) is 4.90 Å². The van der Waals surface area contributed by atoms with Crippen molar-refractivity contribution in [2.24, 2.45) is 11.7 Å². The molecule has 6 heteroatoms. The first-order valence-corrected chi connectivity index (χ1v) is 8.41. The molecule has 1 fully saturated rings. The summed E-state index contributed by atoms with van der Waals surface area (Å²) in [6, 6.07) is 8.62. The highest BCUT2D eigenvalue weighted by molar-refractivity contribution is 9.10. The van der Waals surface area contributed by atoms with Gasteiger partial charge in [0.15, 0.2) is 0 Å². The molecule has 0 radical (unpaired) electrons. The summed E-state index contributed by atoms with van der Waals surface area (Å²) in [5.74, 6) is 0.592. The Labute approximate surface area is 144 Å². The molecule has 1 aromatic carbocycles. The lowest BCUT2D eigenvalue weighted by Gasteiger charge is -2.12. The van der Waals surface area contributed by atoms with E-state index in [1.165, 1.54) is 10.4 Å². The molecule has 2 atom stereocenters. The number of aromatic nitrogens is 1. The minimum atomic E-state index is 0. The molecule has 1 aromatic heterocycles. The SMILES string of the molecule is CC1CN(Cc2cnc(-c3ccc(Br)cc3)s2)CC1N.Cl. The van der Waals surface area contributed by atoms with Crippen LogP contribution in [0.2, 0.25) is 0 Å². The fourth-order valence-electron chi connectivity index (χ4n) is 2.55. The Morgan fingerprint density at radius 3 is 2.67 bits per heavy atom. The monoisotopic (exact) mass is 387 g/mol. The number of hydrogen-bond donors (Lipinski definition) is 1. The van der Waals surface area contributed by atoms with Gasteiger partial charge in [-0.25, -0.2) is 4.98 Å². The maximum atomic E-state index is 6.07. The Hall–Kier alpha value is -0.460. The first-order valence-electron chi connectivity index (χ1n) is 6.80. The summed E-state index contributed by atoms with van der Waals surface area (Å²) in [5, 5.41) is 1.09. The predicted molar refractivity (Wildman–Crippen MR) is 94.9 cm³/mol. The molecule has 2 heterocycles. The Morgan fingerprint density at radius 2 is 2.05 bits per heavy atom. The van der Waals surface area contributed by atoms with Gasteiger partial charge in [0.05, 0.1) is 0 Å². The second kappa shape index (κ2) is 7.20. The zero-order valence-corrected chi connectivity index (χ0v) is 15.0. The molecule has 0 saturated carbocycles. The largest absolute Gasteiger partial charge is 0.326 e. The van der Waals surface area contributed by atoms with Gasteiger partial charge in [0, 0.05) is 46.8 Å². The quantitative estimate of drug-likeness (QED) is 0.870. The summed E-state index contributed by atoms with van der Waals surface area (Å²) in [4.78, 5) is 8.28. The molecular weight excluding hydrogens is 370 g/mol. The number of benzene rings is 1. The van der Waals surface area contributed by atoms with E-state index in [4.69, 9.17) is 5.73 Å². The molecule has 0 amide bonds. The van der Waals surface area contributed by atoms with Crippen molar-refractivity contribution in [3.63, 3.8) is 0 Å². The molecule has 1 saturated heterocycles. The lowest BCUT2D eigenvalue weighted by Crippen LogP contribution is -2.28. The maximum Gasteiger partial charge on any atom is 0.123 e. The summed E-state index contributed by atoms with van der Waals surface area (Å²) in [6.07, 6.45) is 2.00. The number of halogens is 2. The van der Waals surface area contributed by atoms with Gasteiger partial charge in [0.2, 0.25) is 0 Å². The van der Waals surface area contributed by atoms with Crippen LogP contribution < -0.4 is 5.73 Å². The van der Waals surface area contributed by atoms with Crippen LogP contribution in [0.3, 0.4) is 0 Å². The van der Waals surface area contributed by atoms with Gasteiger partial charge in [-0.2, -0.15) is 0 Å². The molecule has 0 spiro atoms. The minimum Gasteiger partial charge on any atom is -0.326 e. The highest BCUT2D eigenvalue weighted by Gasteiger charge is 2.26. The Morgan fingerprint density at radius 1 is 1.33 bits per heavy atom. The van der Waals surface area contributed by atoms with E-state index in [-0.39, 0.29) is 12.4 Å². The normalized spacial score (nSPS) is 22.2. The third-order valence-electron chi connectivity index (χ3n) is 3.77. The van der Waals surface area contributed by atoms with Gasteiger partial charge >= 0.3 is 0 Å². The first-order chi connectivity index (χ1) is 9.61. The highest BCUT2D eigenvalue weighted by Crippen LogP contribution is 2.28. The third-order valence-corrected chi connectivity index (χ3v) is 5.33. The summed E-state index contributed by atoms with van der Waals surface area (Å²) < 4.78 is 1.10. The van der Waals surface area contributed by atoms with E-state index in [1.807, 2.05) is 6.20 Å². The van der Waals surface area contributed by atoms with Gasteiger partial charge < -0.3 is 5.73 Å². The third kappa shape index (κ3) is 4.05. The van der Waals surface area contributed by atoms with Gasteiger partial charge in [0.25, 0.3) is 0 Å². The molecule has 3 nitrogen and oxygen atoms in total. The molecule has 0 bridgehead atoms. The summed E-state index contributed by atoms with van der Waals surface area (Å²) >= 11 is 5.23. The van der Waals surface area contributed by atoms with Crippen molar-refractivity contribution >= 4 is 39.7 Å². The van der Waals surface area contributed by atoms with E-state index in [1.54, 1.807) is 11.3 Å². The molecule has 21 heavy (non-hydrogen) atoms. The molecule has 114 valence electrons. The maximum absolute atomic E-state index is 6.07. The topological polar surface area (TPSA) is 42.2 Å². The van der Waals surface area contributed by atoms with Gasteiger partial charge in [0.1, 0.15) is 5.01 Å². The molecular formula is C15H19BrClN3S. The summed E-state index contributed by atoms with van der Waals surface area (Å²) in [7, 11) is 0. The fraction of sp³-hybridized carbons (Fsp3) is 0.400. The minimum absolute atomic E-state index is 0. The average Bonchev–Trinajstić information content (AvgIpc) is 2.99. The van der Waals surface area contributed by atoms with E-state index >= 15 is 0 Å². The van der Waals surface area contributed by atoms with Gasteiger partial charge in [-0.1, -0.05) is 35.0 Å². The van der Waals surface area contributed by atoms with Gasteiger partial charge in [-0.05, 0) is 18.1 Å². The average molecular weight is 389 g/mol. The Bertz CT molecular complexity index is 577. The summed E-state index contributed by atoms with van der Waals surface area (Å²) in [5.41, 5.74) is 7.25. The molecule has 2 unspecified atom stereocenters. The van der Waals surface area contributed by atoms with Crippen LogP contribution in [0.15, 0.2) is 34.9 Å². The van der Waals surface area contributed by atoms with Crippen LogP contribution in [-0.4, -0.2) is 29.0 Å². The smallest absolute Gasteiger partial charge is 0.123 e. The van der Waals surface area contributed by atoms with Crippen LogP contribution >= 0.6 is 39.7 Å². The second-order valence-corrected chi connectivity index (χ2v) is 7.50. The zero-order chi connectivity index (χ0) is 14.1. The van der Waals surface area contributed by atoms with Crippen LogP contribution in [0.4, 0.5) is 0 Å². The van der Waals surface area contributed by atoms with Gasteiger partial charge in [-0.15, -0.1) is 23.7 Å². The standard InChI is InChI=1S/C15H18BrN3S.ClH/c1-10-7-19(9-14(10)17)8-13-6-18-15(20-13)11-2-4-12(16)5-3-11;/h2-6,10,14H,7-9,17H2,1H3;1H. The number of rotatable bonds is 3. The summed E-state index contributed by atoms with van der Waals surface area (Å²) in [6.45, 7) is 5.27. The van der Waals surface area contributed by atoms with E-state index in [0.29, 0.717) is 12.0 Å². The first kappa shape index (κ1) is 16.9. The molecule has 3 rings (SSSR count). The van der Waals surface area contributed by atoms with Crippen molar-refractivity contribution in [1.29, 1.82) is 0 Å². The molecule has 2 aromatic rings. The number of nitrogens with two attached hydrogens (primary N) is 1. The lowest BCUT2D eigenvalue weighted by molar-refractivity contribution is 0.321. The van der Waals surface area contributed by atoms with Crippen LogP contribution in [0.25, 0.3) is 10.6 Å². The molecule has 0 aliphatic carbocycles. The van der Waals surface area contributed by atoms with Crippen molar-refractivity contribution in [3.8, 4) is 10.6 Å². The van der Waals surface area contributed by atoms with Crippen molar-refractivity contribution in [1.82, 2.24) is 9.88 Å². The van der Waals surface area contributed by atoms with Crippen LogP contribution in [0.1, 0.15) is 11.8 Å². The van der Waals surface area contributed by atoms with Crippen molar-refractivity contribution in [3.05, 3.63) is 39.8 Å². The van der Waals surface area contributed by atoms with Crippen molar-refractivity contribution in [2.45, 2.75) is 19.5 Å². The lowest BCUT2D eigenvalue weighted by atomic mass is 10.1. The second-order valence-electron chi connectivity index (χ2n) is 5.47. The van der Waals surface area contributed by atoms with E-state index in [2.05, 4.69) is 57.0 Å². The van der Waals surface area contributed by atoms with E-state index in [0.717, 1.165) is 29.1 Å². The zero-order valence-electron chi connectivity index (χ0n) is 11.8. The van der Waals surface area contributed by atoms with Crippen LogP contribution in [-0.2, 0) is 6.54 Å².